The van der Waals surface area contributed by atoms with Crippen molar-refractivity contribution in [1.29, 1.82) is 0 Å². The number of nitrogen functional groups attached to an aromatic ring is 1. The zero-order valence-corrected chi connectivity index (χ0v) is 9.87. The first-order chi connectivity index (χ1) is 6.57. The van der Waals surface area contributed by atoms with Crippen LogP contribution in [-0.4, -0.2) is 30.3 Å². The van der Waals surface area contributed by atoms with Crippen LogP contribution in [0.2, 0.25) is 0 Å². The molecule has 0 spiro atoms. The van der Waals surface area contributed by atoms with Gasteiger partial charge in [0.15, 0.2) is 0 Å². The Morgan fingerprint density at radius 1 is 1.64 bits per heavy atom. The van der Waals surface area contributed by atoms with Crippen molar-refractivity contribution >= 4 is 27.4 Å². The van der Waals surface area contributed by atoms with E-state index in [1.54, 1.807) is 6.20 Å². The summed E-state index contributed by atoms with van der Waals surface area (Å²) in [7, 11) is 1.87. The topological polar surface area (TPSA) is 62.4 Å². The van der Waals surface area contributed by atoms with Crippen LogP contribution in [0.25, 0.3) is 0 Å². The van der Waals surface area contributed by atoms with Crippen molar-refractivity contribution in [3.05, 3.63) is 16.2 Å². The van der Waals surface area contributed by atoms with Crippen molar-refractivity contribution in [2.45, 2.75) is 6.92 Å². The van der Waals surface area contributed by atoms with Gasteiger partial charge in [-0.15, -0.1) is 0 Å². The molecule has 14 heavy (non-hydrogen) atoms. The Labute approximate surface area is 91.9 Å². The number of halogens is 1. The number of nitrogens with zero attached hydrogens (tertiary/aromatic N) is 2. The van der Waals surface area contributed by atoms with Crippen molar-refractivity contribution in [2.24, 2.45) is 0 Å². The number of pyridine rings is 1. The summed E-state index contributed by atoms with van der Waals surface area (Å²) in [6.07, 6.45) is 1.63. The second-order valence-corrected chi connectivity index (χ2v) is 3.91. The summed E-state index contributed by atoms with van der Waals surface area (Å²) in [6, 6.07) is 0. The Balaban J connectivity index is 3.04. The molecule has 0 saturated heterocycles. The van der Waals surface area contributed by atoms with E-state index in [4.69, 9.17) is 10.8 Å². The molecule has 3 N–H and O–H groups in total. The summed E-state index contributed by atoms with van der Waals surface area (Å²) < 4.78 is 0.883. The highest BCUT2D eigenvalue weighted by Crippen LogP contribution is 2.29. The summed E-state index contributed by atoms with van der Waals surface area (Å²) in [6.45, 7) is 2.58. The van der Waals surface area contributed by atoms with E-state index in [0.717, 1.165) is 15.9 Å². The van der Waals surface area contributed by atoms with E-state index >= 15 is 0 Å². The fraction of sp³-hybridized carbons (Fsp3) is 0.444. The lowest BCUT2D eigenvalue weighted by molar-refractivity contribution is 0.304. The highest BCUT2D eigenvalue weighted by atomic mass is 79.9. The average molecular weight is 260 g/mol. The zero-order valence-electron chi connectivity index (χ0n) is 8.29. The summed E-state index contributed by atoms with van der Waals surface area (Å²) in [5.41, 5.74) is 7.34. The first-order valence-electron chi connectivity index (χ1n) is 4.30. The van der Waals surface area contributed by atoms with Crippen LogP contribution in [0.3, 0.4) is 0 Å². The monoisotopic (exact) mass is 259 g/mol. The molecule has 0 fully saturated rings. The summed E-state index contributed by atoms with van der Waals surface area (Å²) in [5, 5.41) is 8.80. The molecular weight excluding hydrogens is 246 g/mol. The molecule has 1 aromatic heterocycles. The number of rotatable bonds is 3. The second-order valence-electron chi connectivity index (χ2n) is 3.12. The molecule has 0 bridgehead atoms. The van der Waals surface area contributed by atoms with Gasteiger partial charge in [0.2, 0.25) is 0 Å². The summed E-state index contributed by atoms with van der Waals surface area (Å²) in [5.74, 6) is 0.797. The van der Waals surface area contributed by atoms with Crippen LogP contribution < -0.4 is 10.6 Å². The molecule has 0 atom stereocenters. The van der Waals surface area contributed by atoms with Gasteiger partial charge in [-0.3, -0.25) is 0 Å². The Hall–Kier alpha value is -0.810. The van der Waals surface area contributed by atoms with E-state index < -0.39 is 0 Å². The van der Waals surface area contributed by atoms with Crippen LogP contribution in [0.4, 0.5) is 11.5 Å². The molecule has 0 aromatic carbocycles. The van der Waals surface area contributed by atoms with Gasteiger partial charge in [0.05, 0.1) is 23.0 Å². The first kappa shape index (κ1) is 11.3. The van der Waals surface area contributed by atoms with Gasteiger partial charge in [-0.25, -0.2) is 4.98 Å². The molecule has 1 rings (SSSR count). The predicted molar refractivity (Wildman–Crippen MR) is 61.4 cm³/mol. The van der Waals surface area contributed by atoms with E-state index in [0.29, 0.717) is 12.2 Å². The number of hydrogen-bond donors (Lipinski definition) is 2. The Morgan fingerprint density at radius 3 is 2.86 bits per heavy atom. The first-order valence-corrected chi connectivity index (χ1v) is 5.09. The van der Waals surface area contributed by atoms with E-state index in [2.05, 4.69) is 20.9 Å². The molecular formula is C9H14BrN3O. The quantitative estimate of drug-likeness (QED) is 0.856. The van der Waals surface area contributed by atoms with Gasteiger partial charge in [0.1, 0.15) is 5.82 Å². The summed E-state index contributed by atoms with van der Waals surface area (Å²) >= 11 is 3.44. The van der Waals surface area contributed by atoms with Gasteiger partial charge in [0, 0.05) is 13.6 Å². The molecule has 78 valence electrons. The Kier molecular flexibility index (Phi) is 3.71. The van der Waals surface area contributed by atoms with E-state index in [-0.39, 0.29) is 6.61 Å². The highest BCUT2D eigenvalue weighted by Gasteiger charge is 2.10. The molecule has 1 heterocycles. The fourth-order valence-electron chi connectivity index (χ4n) is 1.10. The number of nitrogens with two attached hydrogens (primary N) is 1. The van der Waals surface area contributed by atoms with E-state index in [1.807, 2.05) is 18.9 Å². The largest absolute Gasteiger partial charge is 0.397 e. The predicted octanol–water partition coefficient (Wildman–Crippen LogP) is 1.16. The average Bonchev–Trinajstić information content (AvgIpc) is 2.15. The number of aliphatic hydroxyl groups excluding tert-OH is 1. The van der Waals surface area contributed by atoms with Crippen molar-refractivity contribution in [2.75, 3.05) is 30.8 Å². The van der Waals surface area contributed by atoms with E-state index in [1.165, 1.54) is 0 Å². The van der Waals surface area contributed by atoms with Crippen LogP contribution in [0.1, 0.15) is 5.56 Å². The lowest BCUT2D eigenvalue weighted by Gasteiger charge is -2.19. The summed E-state index contributed by atoms with van der Waals surface area (Å²) in [4.78, 5) is 6.07. The van der Waals surface area contributed by atoms with Crippen LogP contribution in [-0.2, 0) is 0 Å². The van der Waals surface area contributed by atoms with Gasteiger partial charge in [-0.2, -0.15) is 0 Å². The third-order valence-electron chi connectivity index (χ3n) is 2.08. The van der Waals surface area contributed by atoms with Crippen LogP contribution in [0.15, 0.2) is 10.7 Å². The lowest BCUT2D eigenvalue weighted by Crippen LogP contribution is -2.23. The van der Waals surface area contributed by atoms with Crippen molar-refractivity contribution in [1.82, 2.24) is 4.98 Å². The minimum absolute atomic E-state index is 0.105. The number of aliphatic hydroxyl groups is 1. The van der Waals surface area contributed by atoms with Gasteiger partial charge in [-0.1, -0.05) is 0 Å². The van der Waals surface area contributed by atoms with Gasteiger partial charge < -0.3 is 15.7 Å². The maximum atomic E-state index is 8.80. The molecule has 0 unspecified atom stereocenters. The minimum Gasteiger partial charge on any atom is -0.397 e. The SMILES string of the molecule is Cc1c(N)cnc(N(C)CCO)c1Br. The molecule has 0 saturated carbocycles. The Morgan fingerprint density at radius 2 is 2.29 bits per heavy atom. The molecule has 0 aliphatic carbocycles. The molecule has 0 amide bonds. The fourth-order valence-corrected chi connectivity index (χ4v) is 1.73. The zero-order chi connectivity index (χ0) is 10.7. The second kappa shape index (κ2) is 4.61. The van der Waals surface area contributed by atoms with Gasteiger partial charge in [0.25, 0.3) is 0 Å². The maximum Gasteiger partial charge on any atom is 0.143 e. The smallest absolute Gasteiger partial charge is 0.143 e. The molecule has 1 aromatic rings. The lowest BCUT2D eigenvalue weighted by atomic mass is 10.2. The number of anilines is 2. The number of aromatic nitrogens is 1. The van der Waals surface area contributed by atoms with Gasteiger partial charge in [-0.05, 0) is 28.4 Å². The van der Waals surface area contributed by atoms with Gasteiger partial charge >= 0.3 is 0 Å². The minimum atomic E-state index is 0.105. The van der Waals surface area contributed by atoms with Crippen LogP contribution in [0, 0.1) is 6.92 Å². The molecule has 0 aliphatic heterocycles. The molecule has 5 heteroatoms. The molecule has 0 radical (unpaired) electrons. The van der Waals surface area contributed by atoms with E-state index in [9.17, 15) is 0 Å². The third kappa shape index (κ3) is 2.16. The van der Waals surface area contributed by atoms with Crippen LogP contribution >= 0.6 is 15.9 Å². The number of hydrogen-bond acceptors (Lipinski definition) is 4. The van der Waals surface area contributed by atoms with Crippen LogP contribution in [0.5, 0.6) is 0 Å². The normalized spacial score (nSPS) is 10.3. The molecule has 4 nitrogen and oxygen atoms in total. The molecule has 0 aliphatic rings. The van der Waals surface area contributed by atoms with Crippen molar-refractivity contribution in [3.63, 3.8) is 0 Å². The Bertz CT molecular complexity index is 330. The highest BCUT2D eigenvalue weighted by molar-refractivity contribution is 9.10. The third-order valence-corrected chi connectivity index (χ3v) is 3.03. The standard InChI is InChI=1S/C9H14BrN3O/c1-6-7(11)5-12-9(8(6)10)13(2)3-4-14/h5,14H,3-4,11H2,1-2H3. The number of likely N-dealkylation sites (N-methyl/N-ethyl adjacent to an activating group) is 1. The van der Waals surface area contributed by atoms with Crippen molar-refractivity contribution in [3.8, 4) is 0 Å². The van der Waals surface area contributed by atoms with Crippen molar-refractivity contribution < 1.29 is 5.11 Å². The maximum absolute atomic E-state index is 8.80.